The number of halogens is 1. The molecule has 1 fully saturated rings. The number of benzene rings is 1. The van der Waals surface area contributed by atoms with Crippen molar-refractivity contribution in [2.24, 2.45) is 5.92 Å². The van der Waals surface area contributed by atoms with Gasteiger partial charge in [0, 0.05) is 7.11 Å². The third-order valence-electron chi connectivity index (χ3n) is 3.33. The Morgan fingerprint density at radius 2 is 2.17 bits per heavy atom. The average Bonchev–Trinajstić information content (AvgIpc) is 2.70. The molecule has 1 aliphatic rings. The predicted molar refractivity (Wildman–Crippen MR) is 72.5 cm³/mol. The fourth-order valence-corrected chi connectivity index (χ4v) is 4.77. The van der Waals surface area contributed by atoms with Gasteiger partial charge < -0.3 is 4.74 Å². The zero-order chi connectivity index (χ0) is 13.2. The molecule has 1 heterocycles. The first-order chi connectivity index (χ1) is 8.53. The minimum absolute atomic E-state index is 0.00896. The molecular weight excluding hydrogens is 272 g/mol. The largest absolute Gasteiger partial charge is 0.380 e. The Kier molecular flexibility index (Phi) is 4.30. The molecule has 0 aliphatic carbocycles. The van der Waals surface area contributed by atoms with Crippen LogP contribution in [0.15, 0.2) is 24.3 Å². The molecule has 0 bridgehead atoms. The Hall–Kier alpha value is -0.580. The van der Waals surface area contributed by atoms with Gasteiger partial charge in [-0.3, -0.25) is 0 Å². The van der Waals surface area contributed by atoms with Crippen LogP contribution in [0.2, 0.25) is 0 Å². The van der Waals surface area contributed by atoms with Crippen LogP contribution in [0.25, 0.3) is 0 Å². The molecule has 1 aliphatic heterocycles. The van der Waals surface area contributed by atoms with Crippen LogP contribution in [-0.2, 0) is 21.2 Å². The van der Waals surface area contributed by atoms with Crippen molar-refractivity contribution in [3.05, 3.63) is 35.4 Å². The summed E-state index contributed by atoms with van der Waals surface area (Å²) >= 11 is 6.46. The van der Waals surface area contributed by atoms with Crippen molar-refractivity contribution in [2.75, 3.05) is 18.6 Å². The second kappa shape index (κ2) is 5.59. The van der Waals surface area contributed by atoms with Crippen molar-refractivity contribution in [3.8, 4) is 0 Å². The molecule has 0 aromatic heterocycles. The molecule has 1 saturated heterocycles. The second-order valence-electron chi connectivity index (χ2n) is 4.70. The quantitative estimate of drug-likeness (QED) is 0.800. The predicted octanol–water partition coefficient (Wildman–Crippen LogP) is 2.55. The van der Waals surface area contributed by atoms with Gasteiger partial charge in [-0.1, -0.05) is 24.3 Å². The SMILES string of the molecule is COCc1ccccc1C(Cl)C1CCS(=O)(=O)C1. The highest BCUT2D eigenvalue weighted by molar-refractivity contribution is 7.91. The molecule has 1 aromatic carbocycles. The average molecular weight is 289 g/mol. The first-order valence-electron chi connectivity index (χ1n) is 5.95. The van der Waals surface area contributed by atoms with E-state index in [1.54, 1.807) is 7.11 Å². The van der Waals surface area contributed by atoms with Crippen molar-refractivity contribution in [3.63, 3.8) is 0 Å². The molecule has 3 nitrogen and oxygen atoms in total. The van der Waals surface area contributed by atoms with E-state index in [0.29, 0.717) is 13.0 Å². The summed E-state index contributed by atoms with van der Waals surface area (Å²) in [5.74, 6) is 0.463. The number of hydrogen-bond donors (Lipinski definition) is 0. The highest BCUT2D eigenvalue weighted by atomic mass is 35.5. The third-order valence-corrected chi connectivity index (χ3v) is 5.72. The normalized spacial score (nSPS) is 24.0. The molecule has 1 aromatic rings. The van der Waals surface area contributed by atoms with Gasteiger partial charge in [0.1, 0.15) is 0 Å². The first-order valence-corrected chi connectivity index (χ1v) is 8.20. The Bertz CT molecular complexity index is 513. The smallest absolute Gasteiger partial charge is 0.150 e. The van der Waals surface area contributed by atoms with Gasteiger partial charge in [0.15, 0.2) is 9.84 Å². The van der Waals surface area contributed by atoms with Gasteiger partial charge >= 0.3 is 0 Å². The molecule has 0 spiro atoms. The summed E-state index contributed by atoms with van der Waals surface area (Å²) in [6.07, 6.45) is 0.651. The Morgan fingerprint density at radius 1 is 1.44 bits per heavy atom. The molecule has 18 heavy (non-hydrogen) atoms. The Morgan fingerprint density at radius 3 is 2.78 bits per heavy atom. The molecule has 0 saturated carbocycles. The van der Waals surface area contributed by atoms with Crippen LogP contribution in [-0.4, -0.2) is 27.0 Å². The lowest BCUT2D eigenvalue weighted by molar-refractivity contribution is 0.184. The molecular formula is C13H17ClO3S. The van der Waals surface area contributed by atoms with Gasteiger partial charge in [-0.25, -0.2) is 8.42 Å². The molecule has 100 valence electrons. The van der Waals surface area contributed by atoms with Crippen LogP contribution in [0.4, 0.5) is 0 Å². The summed E-state index contributed by atoms with van der Waals surface area (Å²) < 4.78 is 28.2. The van der Waals surface area contributed by atoms with Crippen LogP contribution in [0.3, 0.4) is 0 Å². The Balaban J connectivity index is 2.21. The lowest BCUT2D eigenvalue weighted by atomic mass is 9.95. The van der Waals surface area contributed by atoms with E-state index in [1.165, 1.54) is 0 Å². The fourth-order valence-electron chi connectivity index (χ4n) is 2.40. The van der Waals surface area contributed by atoms with E-state index in [9.17, 15) is 8.42 Å². The van der Waals surface area contributed by atoms with Crippen LogP contribution < -0.4 is 0 Å². The number of methoxy groups -OCH3 is 1. The number of hydrogen-bond acceptors (Lipinski definition) is 3. The zero-order valence-electron chi connectivity index (χ0n) is 10.3. The van der Waals surface area contributed by atoms with E-state index in [-0.39, 0.29) is 22.8 Å². The van der Waals surface area contributed by atoms with E-state index in [2.05, 4.69) is 0 Å². The molecule has 0 amide bonds. The number of alkyl halides is 1. The molecule has 0 radical (unpaired) electrons. The monoisotopic (exact) mass is 288 g/mol. The summed E-state index contributed by atoms with van der Waals surface area (Å²) in [6.45, 7) is 0.499. The van der Waals surface area contributed by atoms with Gasteiger partial charge in [0.25, 0.3) is 0 Å². The van der Waals surface area contributed by atoms with Crippen molar-refractivity contribution in [1.29, 1.82) is 0 Å². The summed E-state index contributed by atoms with van der Waals surface area (Å²) in [4.78, 5) is 0. The molecule has 2 atom stereocenters. The van der Waals surface area contributed by atoms with E-state index >= 15 is 0 Å². The topological polar surface area (TPSA) is 43.4 Å². The molecule has 5 heteroatoms. The number of rotatable bonds is 4. The highest BCUT2D eigenvalue weighted by Crippen LogP contribution is 2.37. The van der Waals surface area contributed by atoms with E-state index in [1.807, 2.05) is 24.3 Å². The maximum Gasteiger partial charge on any atom is 0.150 e. The summed E-state index contributed by atoms with van der Waals surface area (Å²) in [7, 11) is -1.25. The van der Waals surface area contributed by atoms with Crippen LogP contribution in [0.1, 0.15) is 22.9 Å². The zero-order valence-corrected chi connectivity index (χ0v) is 11.9. The maximum absolute atomic E-state index is 11.5. The molecule has 2 rings (SSSR count). The lowest BCUT2D eigenvalue weighted by Crippen LogP contribution is -2.12. The number of sulfone groups is 1. The van der Waals surface area contributed by atoms with Gasteiger partial charge in [0.2, 0.25) is 0 Å². The van der Waals surface area contributed by atoms with Gasteiger partial charge in [0.05, 0.1) is 23.5 Å². The standard InChI is InChI=1S/C13H17ClO3S/c1-17-8-10-4-2-3-5-12(10)13(14)11-6-7-18(15,16)9-11/h2-5,11,13H,6-9H2,1H3. The minimum Gasteiger partial charge on any atom is -0.380 e. The van der Waals surface area contributed by atoms with E-state index in [4.69, 9.17) is 16.3 Å². The van der Waals surface area contributed by atoms with Crippen molar-refractivity contribution in [2.45, 2.75) is 18.4 Å². The lowest BCUT2D eigenvalue weighted by Gasteiger charge is -2.19. The van der Waals surface area contributed by atoms with Gasteiger partial charge in [-0.2, -0.15) is 0 Å². The minimum atomic E-state index is -2.89. The summed E-state index contributed by atoms with van der Waals surface area (Å²) in [5.41, 5.74) is 2.02. The van der Waals surface area contributed by atoms with E-state index in [0.717, 1.165) is 11.1 Å². The van der Waals surface area contributed by atoms with Crippen molar-refractivity contribution < 1.29 is 13.2 Å². The van der Waals surface area contributed by atoms with Crippen molar-refractivity contribution >= 4 is 21.4 Å². The van der Waals surface area contributed by atoms with Crippen LogP contribution >= 0.6 is 11.6 Å². The first kappa shape index (κ1) is 13.8. The summed E-state index contributed by atoms with van der Waals surface area (Å²) in [5, 5.41) is -0.256. The maximum atomic E-state index is 11.5. The second-order valence-corrected chi connectivity index (χ2v) is 7.40. The van der Waals surface area contributed by atoms with Crippen LogP contribution in [0.5, 0.6) is 0 Å². The fraction of sp³-hybridized carbons (Fsp3) is 0.538. The van der Waals surface area contributed by atoms with Gasteiger partial charge in [-0.05, 0) is 23.5 Å². The van der Waals surface area contributed by atoms with Crippen LogP contribution in [0, 0.1) is 5.92 Å². The van der Waals surface area contributed by atoms with E-state index < -0.39 is 9.84 Å². The van der Waals surface area contributed by atoms with Crippen molar-refractivity contribution in [1.82, 2.24) is 0 Å². The highest BCUT2D eigenvalue weighted by Gasteiger charge is 2.34. The van der Waals surface area contributed by atoms with Gasteiger partial charge in [-0.15, -0.1) is 11.6 Å². The molecule has 0 N–H and O–H groups in total. The number of ether oxygens (including phenoxy) is 1. The summed E-state index contributed by atoms with van der Waals surface area (Å²) in [6, 6.07) is 7.79. The molecule has 2 unspecified atom stereocenters. The third kappa shape index (κ3) is 3.05. The Labute approximate surface area is 113 Å².